The number of rotatable bonds is 2. The molecule has 0 fully saturated rings. The second-order valence-corrected chi connectivity index (χ2v) is 5.31. The lowest BCUT2D eigenvalue weighted by molar-refractivity contribution is 0.103. The molecule has 3 rings (SSSR count). The summed E-state index contributed by atoms with van der Waals surface area (Å²) < 4.78 is 13.4. The Balaban J connectivity index is 2.12. The van der Waals surface area contributed by atoms with E-state index in [2.05, 4.69) is 0 Å². The molecule has 0 heterocycles. The molecule has 0 aliphatic rings. The Labute approximate surface area is 123 Å². The van der Waals surface area contributed by atoms with Gasteiger partial charge in [0.1, 0.15) is 5.82 Å². The summed E-state index contributed by atoms with van der Waals surface area (Å²) in [4.78, 5) is 12.7. The van der Waals surface area contributed by atoms with E-state index >= 15 is 0 Å². The average Bonchev–Trinajstić information content (AvgIpc) is 2.45. The molecule has 3 aromatic carbocycles. The second-order valence-electron chi connectivity index (χ2n) is 5.31. The van der Waals surface area contributed by atoms with E-state index in [-0.39, 0.29) is 11.6 Å². The van der Waals surface area contributed by atoms with Crippen molar-refractivity contribution < 1.29 is 9.18 Å². The van der Waals surface area contributed by atoms with E-state index in [4.69, 9.17) is 0 Å². The molecule has 1 nitrogen and oxygen atoms in total. The summed E-state index contributed by atoms with van der Waals surface area (Å²) in [5.41, 5.74) is 2.56. The number of hydrogen-bond donors (Lipinski definition) is 0. The number of fused-ring (bicyclic) bond motifs is 1. The number of ketones is 1. The normalized spacial score (nSPS) is 10.8. The lowest BCUT2D eigenvalue weighted by Crippen LogP contribution is -2.07. The molecule has 21 heavy (non-hydrogen) atoms. The summed E-state index contributed by atoms with van der Waals surface area (Å²) in [5.74, 6) is -0.365. The van der Waals surface area contributed by atoms with E-state index in [1.54, 1.807) is 13.8 Å². The number of hydrogen-bond acceptors (Lipinski definition) is 1. The molecule has 2 heteroatoms. The van der Waals surface area contributed by atoms with Gasteiger partial charge in [-0.2, -0.15) is 0 Å². The largest absolute Gasteiger partial charge is 0.289 e. The lowest BCUT2D eigenvalue weighted by atomic mass is 9.93. The number of halogens is 1. The van der Waals surface area contributed by atoms with Gasteiger partial charge in [0.15, 0.2) is 5.78 Å². The molecule has 0 radical (unpaired) electrons. The number of carbonyl (C=O) groups is 1. The Morgan fingerprint density at radius 2 is 1.48 bits per heavy atom. The SMILES string of the molecule is Cc1cc(F)cc(C)c1C(=O)c1ccc2ccccc2c1. The fourth-order valence-corrected chi connectivity index (χ4v) is 2.74. The summed E-state index contributed by atoms with van der Waals surface area (Å²) in [5, 5.41) is 2.13. The molecule has 3 aromatic rings. The fourth-order valence-electron chi connectivity index (χ4n) is 2.74. The van der Waals surface area contributed by atoms with E-state index < -0.39 is 0 Å². The van der Waals surface area contributed by atoms with Crippen molar-refractivity contribution in [2.75, 3.05) is 0 Å². The molecule has 0 atom stereocenters. The first-order valence-corrected chi connectivity index (χ1v) is 6.86. The molecule has 0 saturated heterocycles. The molecule has 0 bridgehead atoms. The van der Waals surface area contributed by atoms with Crippen LogP contribution in [0.5, 0.6) is 0 Å². The van der Waals surface area contributed by atoms with Crippen molar-refractivity contribution in [3.63, 3.8) is 0 Å². The summed E-state index contributed by atoms with van der Waals surface area (Å²) >= 11 is 0. The highest BCUT2D eigenvalue weighted by Crippen LogP contribution is 2.22. The van der Waals surface area contributed by atoms with Crippen LogP contribution >= 0.6 is 0 Å². The van der Waals surface area contributed by atoms with Crippen molar-refractivity contribution >= 4 is 16.6 Å². The zero-order valence-electron chi connectivity index (χ0n) is 12.0. The molecular weight excluding hydrogens is 263 g/mol. The predicted octanol–water partition coefficient (Wildman–Crippen LogP) is 4.83. The van der Waals surface area contributed by atoms with Crippen LogP contribution < -0.4 is 0 Å². The Morgan fingerprint density at radius 3 is 2.14 bits per heavy atom. The van der Waals surface area contributed by atoms with Crippen molar-refractivity contribution in [1.29, 1.82) is 0 Å². The summed E-state index contributed by atoms with van der Waals surface area (Å²) in [6, 6.07) is 16.4. The minimum absolute atomic E-state index is 0.0595. The van der Waals surface area contributed by atoms with Crippen LogP contribution in [0.15, 0.2) is 54.6 Å². The van der Waals surface area contributed by atoms with Crippen molar-refractivity contribution in [1.82, 2.24) is 0 Å². The van der Waals surface area contributed by atoms with Gasteiger partial charge in [-0.25, -0.2) is 4.39 Å². The van der Waals surface area contributed by atoms with Crippen LogP contribution in [-0.4, -0.2) is 5.78 Å². The molecule has 0 N–H and O–H groups in total. The van der Waals surface area contributed by atoms with E-state index in [0.29, 0.717) is 22.3 Å². The molecule has 0 aromatic heterocycles. The van der Waals surface area contributed by atoms with Gasteiger partial charge in [-0.15, -0.1) is 0 Å². The standard InChI is InChI=1S/C19H15FO/c1-12-9-17(20)10-13(2)18(12)19(21)16-8-7-14-5-3-4-6-15(14)11-16/h3-11H,1-2H3. The molecule has 0 saturated carbocycles. The van der Waals surface area contributed by atoms with Crippen molar-refractivity contribution in [2.24, 2.45) is 0 Å². The van der Waals surface area contributed by atoms with Crippen LogP contribution in [0, 0.1) is 19.7 Å². The highest BCUT2D eigenvalue weighted by atomic mass is 19.1. The van der Waals surface area contributed by atoms with E-state index in [1.807, 2.05) is 42.5 Å². The van der Waals surface area contributed by atoms with Gasteiger partial charge < -0.3 is 0 Å². The first-order valence-electron chi connectivity index (χ1n) is 6.86. The van der Waals surface area contributed by atoms with Crippen LogP contribution in [0.3, 0.4) is 0 Å². The zero-order valence-corrected chi connectivity index (χ0v) is 12.0. The van der Waals surface area contributed by atoms with Crippen LogP contribution in [0.1, 0.15) is 27.0 Å². The zero-order chi connectivity index (χ0) is 15.0. The van der Waals surface area contributed by atoms with Gasteiger partial charge in [0.05, 0.1) is 0 Å². The minimum atomic E-state index is -0.305. The summed E-state index contributed by atoms with van der Waals surface area (Å²) in [6.45, 7) is 3.54. The Kier molecular flexibility index (Phi) is 3.30. The van der Waals surface area contributed by atoms with E-state index in [1.165, 1.54) is 12.1 Å². The van der Waals surface area contributed by atoms with E-state index in [0.717, 1.165) is 10.8 Å². The maximum Gasteiger partial charge on any atom is 0.193 e. The van der Waals surface area contributed by atoms with Crippen molar-refractivity contribution in [3.05, 3.63) is 82.7 Å². The maximum atomic E-state index is 13.4. The van der Waals surface area contributed by atoms with Crippen LogP contribution in [-0.2, 0) is 0 Å². The average molecular weight is 278 g/mol. The van der Waals surface area contributed by atoms with Gasteiger partial charge in [0, 0.05) is 11.1 Å². The Hall–Kier alpha value is -2.48. The number of benzene rings is 3. The van der Waals surface area contributed by atoms with Crippen LogP contribution in [0.4, 0.5) is 4.39 Å². The van der Waals surface area contributed by atoms with Crippen molar-refractivity contribution in [3.8, 4) is 0 Å². The van der Waals surface area contributed by atoms with Crippen molar-refractivity contribution in [2.45, 2.75) is 13.8 Å². The van der Waals surface area contributed by atoms with Crippen LogP contribution in [0.25, 0.3) is 10.8 Å². The molecule has 104 valence electrons. The topological polar surface area (TPSA) is 17.1 Å². The molecular formula is C19H15FO. The van der Waals surface area contributed by atoms with E-state index in [9.17, 15) is 9.18 Å². The summed E-state index contributed by atoms with van der Waals surface area (Å²) in [7, 11) is 0. The Bertz CT molecular complexity index is 826. The van der Waals surface area contributed by atoms with Gasteiger partial charge in [0.25, 0.3) is 0 Å². The van der Waals surface area contributed by atoms with Gasteiger partial charge in [-0.3, -0.25) is 4.79 Å². The highest BCUT2D eigenvalue weighted by Gasteiger charge is 2.15. The Morgan fingerprint density at radius 1 is 0.857 bits per heavy atom. The van der Waals surface area contributed by atoms with Gasteiger partial charge >= 0.3 is 0 Å². The molecule has 0 aliphatic heterocycles. The third-order valence-corrected chi connectivity index (χ3v) is 3.74. The third kappa shape index (κ3) is 2.45. The quantitative estimate of drug-likeness (QED) is 0.614. The highest BCUT2D eigenvalue weighted by molar-refractivity contribution is 6.12. The van der Waals surface area contributed by atoms with Gasteiger partial charge in [0.2, 0.25) is 0 Å². The number of carbonyl (C=O) groups excluding carboxylic acids is 1. The third-order valence-electron chi connectivity index (χ3n) is 3.74. The van der Waals surface area contributed by atoms with Gasteiger partial charge in [-0.05, 0) is 53.9 Å². The first kappa shape index (κ1) is 13.5. The molecule has 0 unspecified atom stereocenters. The smallest absolute Gasteiger partial charge is 0.193 e. The minimum Gasteiger partial charge on any atom is -0.289 e. The molecule has 0 aliphatic carbocycles. The summed E-state index contributed by atoms with van der Waals surface area (Å²) in [6.07, 6.45) is 0. The van der Waals surface area contributed by atoms with Crippen LogP contribution in [0.2, 0.25) is 0 Å². The predicted molar refractivity (Wildman–Crippen MR) is 83.3 cm³/mol. The monoisotopic (exact) mass is 278 g/mol. The molecule has 0 spiro atoms. The second kappa shape index (κ2) is 5.13. The number of aryl methyl sites for hydroxylation is 2. The van der Waals surface area contributed by atoms with Gasteiger partial charge in [-0.1, -0.05) is 36.4 Å². The lowest BCUT2D eigenvalue weighted by Gasteiger charge is -2.10. The maximum absolute atomic E-state index is 13.4. The first-order chi connectivity index (χ1) is 10.1. The fraction of sp³-hybridized carbons (Fsp3) is 0.105. The molecule has 0 amide bonds.